The second-order valence-electron chi connectivity index (χ2n) is 10.3. The van der Waals surface area contributed by atoms with Crippen LogP contribution in [0.4, 0.5) is 0 Å². The Kier molecular flexibility index (Phi) is 5.47. The number of fused-ring (bicyclic) bond motifs is 1. The van der Waals surface area contributed by atoms with Crippen molar-refractivity contribution in [2.45, 2.75) is 62.9 Å². The van der Waals surface area contributed by atoms with Crippen LogP contribution in [0.2, 0.25) is 18.6 Å². The molecule has 2 aromatic carbocycles. The molecule has 0 amide bonds. The zero-order chi connectivity index (χ0) is 21.8. The number of hydrogen-bond donors (Lipinski definition) is 0. The van der Waals surface area contributed by atoms with Crippen LogP contribution in [0, 0.1) is 0 Å². The van der Waals surface area contributed by atoms with Crippen molar-refractivity contribution in [1.82, 2.24) is 0 Å². The summed E-state index contributed by atoms with van der Waals surface area (Å²) >= 11 is 2.53. The van der Waals surface area contributed by atoms with Gasteiger partial charge in [-0.1, -0.05) is 0 Å². The zero-order valence-corrected chi connectivity index (χ0v) is 20.9. The van der Waals surface area contributed by atoms with Gasteiger partial charge in [-0.05, 0) is 0 Å². The van der Waals surface area contributed by atoms with Crippen molar-refractivity contribution >= 4 is 31.4 Å². The van der Waals surface area contributed by atoms with Gasteiger partial charge in [0.2, 0.25) is 0 Å². The Morgan fingerprint density at radius 3 is 1.97 bits per heavy atom. The molecule has 0 aromatic heterocycles. The Morgan fingerprint density at radius 1 is 0.833 bits per heavy atom. The summed E-state index contributed by atoms with van der Waals surface area (Å²) in [5.41, 5.74) is 12.8. The fourth-order valence-corrected chi connectivity index (χ4v) is 10.8. The van der Waals surface area contributed by atoms with Crippen LogP contribution in [0.15, 0.2) is 83.0 Å². The Bertz CT molecular complexity index is 1060. The summed E-state index contributed by atoms with van der Waals surface area (Å²) in [5.74, 6) is 0.402. The molecule has 0 spiro atoms. The van der Waals surface area contributed by atoms with E-state index in [1.165, 1.54) is 27.8 Å². The Labute approximate surface area is 193 Å². The molecule has 0 saturated heterocycles. The maximum absolute atomic E-state index is 2.67. The Balaban J connectivity index is 1.88. The van der Waals surface area contributed by atoms with E-state index in [-0.39, 0.29) is 3.71 Å². The number of benzene rings is 2. The summed E-state index contributed by atoms with van der Waals surface area (Å²) in [6.45, 7) is 17.0. The van der Waals surface area contributed by atoms with Gasteiger partial charge >= 0.3 is 194 Å². The molecule has 2 unspecified atom stereocenters. The molecular weight excluding hydrogens is 371 g/mol. The molecule has 2 atom stereocenters. The van der Waals surface area contributed by atoms with Crippen LogP contribution < -0.4 is 0 Å². The molecule has 150 valence electrons. The molecule has 0 N–H and O–H groups in total. The second kappa shape index (κ2) is 7.56. The third kappa shape index (κ3) is 3.02. The van der Waals surface area contributed by atoms with Crippen molar-refractivity contribution in [3.63, 3.8) is 0 Å². The standard InChI is InChI=1S/C28H33Si.Li/c1-18-19(2)21(4)28(20(18)3)29(6,7)27-17-26(24-15-11-12-16-25(24)27)22(5)23-13-9-8-10-14-23;/h8-17,22,28H,1-7H3;. The van der Waals surface area contributed by atoms with Crippen molar-refractivity contribution in [1.29, 1.82) is 0 Å². The quantitative estimate of drug-likeness (QED) is 0.461. The van der Waals surface area contributed by atoms with E-state index in [0.29, 0.717) is 11.5 Å². The van der Waals surface area contributed by atoms with Gasteiger partial charge in [-0.2, -0.15) is 0 Å². The van der Waals surface area contributed by atoms with Crippen LogP contribution in [-0.2, 0) is 3.71 Å². The van der Waals surface area contributed by atoms with E-state index in [0.717, 1.165) is 0 Å². The third-order valence-electron chi connectivity index (χ3n) is 8.68. The molecule has 2 aromatic rings. The van der Waals surface area contributed by atoms with Crippen molar-refractivity contribution in [2.75, 3.05) is 0 Å². The summed E-state index contributed by atoms with van der Waals surface area (Å²) in [7, 11) is -1.80. The van der Waals surface area contributed by atoms with Gasteiger partial charge in [0.1, 0.15) is 0 Å². The molecule has 2 aliphatic carbocycles. The van der Waals surface area contributed by atoms with Crippen LogP contribution in [0.25, 0.3) is 5.57 Å². The predicted molar refractivity (Wildman–Crippen MR) is 135 cm³/mol. The van der Waals surface area contributed by atoms with Gasteiger partial charge in [0.05, 0.1) is 0 Å². The molecule has 0 fully saturated rings. The van der Waals surface area contributed by atoms with E-state index in [9.17, 15) is 0 Å². The van der Waals surface area contributed by atoms with Crippen molar-refractivity contribution in [3.8, 4) is 0 Å². The first kappa shape index (κ1) is 21.7. The van der Waals surface area contributed by atoms with Crippen LogP contribution in [-0.4, -0.2) is 25.8 Å². The molecule has 0 radical (unpaired) electrons. The van der Waals surface area contributed by atoms with Gasteiger partial charge < -0.3 is 0 Å². The van der Waals surface area contributed by atoms with Gasteiger partial charge in [-0.15, -0.1) is 0 Å². The molecule has 30 heavy (non-hydrogen) atoms. The molecule has 4 rings (SSSR count). The van der Waals surface area contributed by atoms with E-state index in [1.54, 1.807) is 16.7 Å². The van der Waals surface area contributed by atoms with Crippen LogP contribution >= 0.6 is 0 Å². The number of hydrogen-bond acceptors (Lipinski definition) is 0. The van der Waals surface area contributed by atoms with Gasteiger partial charge in [0.15, 0.2) is 0 Å². The fraction of sp³-hybridized carbons (Fsp3) is 0.357. The average Bonchev–Trinajstić information content (AvgIpc) is 3.16. The average molecular weight is 405 g/mol. The monoisotopic (exact) mass is 404 g/mol. The van der Waals surface area contributed by atoms with Crippen molar-refractivity contribution < 1.29 is 0 Å². The first-order chi connectivity index (χ1) is 14.1. The number of rotatable bonds is 4. The molecule has 0 saturated carbocycles. The molecule has 2 heteroatoms. The van der Waals surface area contributed by atoms with E-state index in [4.69, 9.17) is 0 Å². The Morgan fingerprint density at radius 2 is 1.37 bits per heavy atom. The predicted octanol–water partition coefficient (Wildman–Crippen LogP) is 7.56. The summed E-state index contributed by atoms with van der Waals surface area (Å²) in [5, 5.41) is 0. The van der Waals surface area contributed by atoms with Crippen LogP contribution in [0.1, 0.15) is 57.2 Å². The molecule has 0 aliphatic heterocycles. The SMILES string of the molecule is [Li][C]1([Si](C)(C)C2C(C)=C(C)C(C)=C2C)C=C(C(C)c2ccccc2)c2ccccc21. The number of allylic oxidation sites excluding steroid dienone is 6. The summed E-state index contributed by atoms with van der Waals surface area (Å²) < 4.78 is 0.111. The molecule has 0 bridgehead atoms. The van der Waals surface area contributed by atoms with Crippen LogP contribution in [0.3, 0.4) is 0 Å². The zero-order valence-electron chi connectivity index (χ0n) is 19.9. The summed E-state index contributed by atoms with van der Waals surface area (Å²) in [4.78, 5) is 0. The summed E-state index contributed by atoms with van der Waals surface area (Å²) in [6.07, 6.45) is 2.67. The fourth-order valence-electron chi connectivity index (χ4n) is 6.20. The van der Waals surface area contributed by atoms with E-state index in [1.807, 2.05) is 0 Å². The summed E-state index contributed by atoms with van der Waals surface area (Å²) in [6, 6.07) is 20.2. The van der Waals surface area contributed by atoms with Gasteiger partial charge in [-0.25, -0.2) is 0 Å². The molecular formula is C28H33LiSi. The first-order valence-electron chi connectivity index (χ1n) is 11.3. The van der Waals surface area contributed by atoms with E-state index >= 15 is 0 Å². The topological polar surface area (TPSA) is 0 Å². The van der Waals surface area contributed by atoms with Crippen LogP contribution in [0.5, 0.6) is 0 Å². The van der Waals surface area contributed by atoms with Crippen molar-refractivity contribution in [2.24, 2.45) is 0 Å². The van der Waals surface area contributed by atoms with Gasteiger partial charge in [-0.3, -0.25) is 0 Å². The molecule has 0 nitrogen and oxygen atoms in total. The maximum atomic E-state index is 2.67. The minimum atomic E-state index is -1.80. The van der Waals surface area contributed by atoms with E-state index < -0.39 is 8.07 Å². The molecule has 2 aliphatic rings. The molecule has 0 heterocycles. The Hall–Kier alpha value is -1.53. The first-order valence-corrected chi connectivity index (χ1v) is 14.4. The minimum absolute atomic E-state index is 0.111. The van der Waals surface area contributed by atoms with Crippen molar-refractivity contribution in [3.05, 3.63) is 99.7 Å². The third-order valence-corrected chi connectivity index (χ3v) is 14.1. The van der Waals surface area contributed by atoms with Gasteiger partial charge in [0.25, 0.3) is 0 Å². The van der Waals surface area contributed by atoms with E-state index in [2.05, 4.69) is 126 Å². The second-order valence-corrected chi connectivity index (χ2v) is 15.3. The normalized spacial score (nSPS) is 23.2. The van der Waals surface area contributed by atoms with Gasteiger partial charge in [0, 0.05) is 0 Å².